The molecule has 1 unspecified atom stereocenters. The van der Waals surface area contributed by atoms with Crippen LogP contribution in [0.4, 0.5) is 13.2 Å². The van der Waals surface area contributed by atoms with Gasteiger partial charge >= 0.3 is 6.18 Å². The number of aliphatic imine (C=N–C) groups is 1. The lowest BCUT2D eigenvalue weighted by atomic mass is 10.1. The van der Waals surface area contributed by atoms with E-state index in [0.717, 1.165) is 56.3 Å². The summed E-state index contributed by atoms with van der Waals surface area (Å²) < 4.78 is 38.0. The summed E-state index contributed by atoms with van der Waals surface area (Å²) in [6.45, 7) is 8.48. The molecule has 166 valence electrons. The summed E-state index contributed by atoms with van der Waals surface area (Å²) in [6.07, 6.45) is -3.30. The van der Waals surface area contributed by atoms with E-state index in [1.807, 2.05) is 0 Å². The number of guanidine groups is 1. The van der Waals surface area contributed by atoms with Gasteiger partial charge in [-0.25, -0.2) is 0 Å². The summed E-state index contributed by atoms with van der Waals surface area (Å²) in [7, 11) is 3.86. The van der Waals surface area contributed by atoms with E-state index in [1.54, 1.807) is 19.2 Å². The fourth-order valence-corrected chi connectivity index (χ4v) is 3.15. The molecule has 0 radical (unpaired) electrons. The maximum atomic E-state index is 12.7. The van der Waals surface area contributed by atoms with E-state index in [-0.39, 0.29) is 30.0 Å². The van der Waals surface area contributed by atoms with Crippen LogP contribution >= 0.6 is 24.0 Å². The highest BCUT2D eigenvalue weighted by molar-refractivity contribution is 14.0. The van der Waals surface area contributed by atoms with Crippen molar-refractivity contribution >= 4 is 29.9 Å². The van der Waals surface area contributed by atoms with Gasteiger partial charge in [0.25, 0.3) is 0 Å². The highest BCUT2D eigenvalue weighted by Crippen LogP contribution is 2.29. The first-order valence-corrected chi connectivity index (χ1v) is 9.75. The Morgan fingerprint density at radius 1 is 1.28 bits per heavy atom. The zero-order valence-electron chi connectivity index (χ0n) is 17.6. The molecular formula is C20H33F3IN5. The number of nitrogens with one attached hydrogen (secondary N) is 2. The van der Waals surface area contributed by atoms with E-state index < -0.39 is 11.7 Å². The lowest BCUT2D eigenvalue weighted by molar-refractivity contribution is -0.137. The molecule has 5 nitrogen and oxygen atoms in total. The van der Waals surface area contributed by atoms with Crippen molar-refractivity contribution in [2.75, 3.05) is 40.3 Å². The summed E-state index contributed by atoms with van der Waals surface area (Å²) in [5.41, 5.74) is 0.295. The van der Waals surface area contributed by atoms with Crippen LogP contribution in [-0.4, -0.2) is 68.1 Å². The Hall–Kier alpha value is -1.07. The Morgan fingerprint density at radius 3 is 2.48 bits per heavy atom. The molecule has 1 atom stereocenters. The van der Waals surface area contributed by atoms with Crippen molar-refractivity contribution in [3.05, 3.63) is 35.4 Å². The minimum atomic E-state index is -4.28. The van der Waals surface area contributed by atoms with Crippen LogP contribution in [0, 0.1) is 0 Å². The molecule has 1 aliphatic rings. The van der Waals surface area contributed by atoms with Gasteiger partial charge in [-0.3, -0.25) is 9.89 Å². The second-order valence-corrected chi connectivity index (χ2v) is 7.63. The number of halogens is 4. The highest BCUT2D eigenvalue weighted by Gasteiger charge is 2.30. The van der Waals surface area contributed by atoms with Gasteiger partial charge in [0.05, 0.1) is 5.56 Å². The fourth-order valence-electron chi connectivity index (χ4n) is 3.15. The lowest BCUT2D eigenvalue weighted by Crippen LogP contribution is -2.46. The monoisotopic (exact) mass is 527 g/mol. The first-order valence-electron chi connectivity index (χ1n) is 9.75. The summed E-state index contributed by atoms with van der Waals surface area (Å²) in [6, 6.07) is 6.22. The normalized spacial score (nSPS) is 18.2. The molecule has 2 rings (SSSR count). The summed E-state index contributed by atoms with van der Waals surface area (Å²) in [5.74, 6) is 0.790. The van der Waals surface area contributed by atoms with Crippen molar-refractivity contribution in [2.45, 2.75) is 45.1 Å². The maximum Gasteiger partial charge on any atom is 0.416 e. The molecule has 0 saturated carbocycles. The van der Waals surface area contributed by atoms with Crippen LogP contribution < -0.4 is 10.6 Å². The summed E-state index contributed by atoms with van der Waals surface area (Å²) in [4.78, 5) is 8.80. The van der Waals surface area contributed by atoms with Crippen LogP contribution in [0.1, 0.15) is 31.4 Å². The average Bonchev–Trinajstić information content (AvgIpc) is 3.07. The van der Waals surface area contributed by atoms with Crippen molar-refractivity contribution in [3.63, 3.8) is 0 Å². The van der Waals surface area contributed by atoms with E-state index in [4.69, 9.17) is 0 Å². The summed E-state index contributed by atoms with van der Waals surface area (Å²) >= 11 is 0. The van der Waals surface area contributed by atoms with E-state index in [1.165, 1.54) is 0 Å². The average molecular weight is 527 g/mol. The summed E-state index contributed by atoms with van der Waals surface area (Å²) in [5, 5.41) is 6.78. The maximum absolute atomic E-state index is 12.7. The van der Waals surface area contributed by atoms with Crippen molar-refractivity contribution in [1.82, 2.24) is 20.4 Å². The number of rotatable bonds is 7. The second kappa shape index (κ2) is 11.9. The third kappa shape index (κ3) is 8.67. The van der Waals surface area contributed by atoms with Crippen LogP contribution in [0.25, 0.3) is 0 Å². The van der Waals surface area contributed by atoms with Crippen molar-refractivity contribution in [3.8, 4) is 0 Å². The zero-order valence-corrected chi connectivity index (χ0v) is 19.9. The number of hydrogen-bond donors (Lipinski definition) is 2. The van der Waals surface area contributed by atoms with Gasteiger partial charge in [0.15, 0.2) is 5.96 Å². The van der Waals surface area contributed by atoms with Crippen LogP contribution in [0.3, 0.4) is 0 Å². The number of benzene rings is 1. The molecule has 0 spiro atoms. The van der Waals surface area contributed by atoms with Gasteiger partial charge in [0.2, 0.25) is 0 Å². The van der Waals surface area contributed by atoms with Gasteiger partial charge in [-0.05, 0) is 45.0 Å². The molecule has 1 heterocycles. The predicted octanol–water partition coefficient (Wildman–Crippen LogP) is 3.40. The molecule has 1 aromatic carbocycles. The molecule has 0 bridgehead atoms. The van der Waals surface area contributed by atoms with E-state index in [2.05, 4.69) is 46.3 Å². The minimum absolute atomic E-state index is 0. The number of nitrogens with zero attached hydrogens (tertiary/aromatic N) is 3. The largest absolute Gasteiger partial charge is 0.416 e. The molecule has 0 amide bonds. The molecular weight excluding hydrogens is 494 g/mol. The van der Waals surface area contributed by atoms with E-state index >= 15 is 0 Å². The van der Waals surface area contributed by atoms with Gasteiger partial charge < -0.3 is 15.5 Å². The molecule has 9 heteroatoms. The number of hydrogen-bond acceptors (Lipinski definition) is 3. The van der Waals surface area contributed by atoms with Gasteiger partial charge in [-0.1, -0.05) is 12.1 Å². The molecule has 0 aliphatic carbocycles. The standard InChI is InChI=1S/C20H32F3N5.HI/c1-15(2)27(4)12-10-25-19(24-3)26-18-9-11-28(14-18)13-16-5-7-17(8-6-16)20(21,22)23;/h5-8,15,18H,9-14H2,1-4H3,(H2,24,25,26);1H. The van der Waals surface area contributed by atoms with Crippen molar-refractivity contribution in [1.29, 1.82) is 0 Å². The Bertz CT molecular complexity index is 634. The van der Waals surface area contributed by atoms with Crippen LogP contribution in [0.5, 0.6) is 0 Å². The Balaban J connectivity index is 0.00000420. The van der Waals surface area contributed by atoms with E-state index in [9.17, 15) is 13.2 Å². The quantitative estimate of drug-likeness (QED) is 0.324. The molecule has 0 aromatic heterocycles. The van der Waals surface area contributed by atoms with Crippen molar-refractivity contribution in [2.24, 2.45) is 4.99 Å². The molecule has 1 aromatic rings. The van der Waals surface area contributed by atoms with Gasteiger partial charge in [-0.15, -0.1) is 24.0 Å². The zero-order chi connectivity index (χ0) is 20.7. The third-order valence-electron chi connectivity index (χ3n) is 5.16. The third-order valence-corrected chi connectivity index (χ3v) is 5.16. The topological polar surface area (TPSA) is 42.9 Å². The first kappa shape index (κ1) is 26.0. The molecule has 1 fully saturated rings. The Labute approximate surface area is 189 Å². The number of likely N-dealkylation sites (N-methyl/N-ethyl adjacent to an activating group) is 1. The van der Waals surface area contributed by atoms with Crippen molar-refractivity contribution < 1.29 is 13.2 Å². The SMILES string of the molecule is CN=C(NCCN(C)C(C)C)NC1CCN(Cc2ccc(C(F)(F)F)cc2)C1.I. The first-order chi connectivity index (χ1) is 13.2. The smallest absolute Gasteiger partial charge is 0.355 e. The van der Waals surface area contributed by atoms with E-state index in [0.29, 0.717) is 12.6 Å². The highest BCUT2D eigenvalue weighted by atomic mass is 127. The molecule has 1 aliphatic heterocycles. The fraction of sp³-hybridized carbons (Fsp3) is 0.650. The second-order valence-electron chi connectivity index (χ2n) is 7.63. The minimum Gasteiger partial charge on any atom is -0.355 e. The predicted molar refractivity (Wildman–Crippen MR) is 123 cm³/mol. The molecule has 29 heavy (non-hydrogen) atoms. The Morgan fingerprint density at radius 2 is 1.93 bits per heavy atom. The number of alkyl halides is 3. The lowest BCUT2D eigenvalue weighted by Gasteiger charge is -2.23. The Kier molecular flexibility index (Phi) is 10.7. The van der Waals surface area contributed by atoms with Gasteiger partial charge in [0.1, 0.15) is 0 Å². The van der Waals surface area contributed by atoms with Gasteiger partial charge in [0, 0.05) is 51.9 Å². The van der Waals surface area contributed by atoms with Gasteiger partial charge in [-0.2, -0.15) is 13.2 Å². The van der Waals surface area contributed by atoms with Crippen LogP contribution in [0.15, 0.2) is 29.3 Å². The van der Waals surface area contributed by atoms with Crippen LogP contribution in [-0.2, 0) is 12.7 Å². The molecule has 1 saturated heterocycles. The number of likely N-dealkylation sites (tertiary alicyclic amines) is 1. The van der Waals surface area contributed by atoms with Crippen LogP contribution in [0.2, 0.25) is 0 Å². The molecule has 2 N–H and O–H groups in total.